The van der Waals surface area contributed by atoms with E-state index >= 15 is 0 Å². The summed E-state index contributed by atoms with van der Waals surface area (Å²) in [5.74, 6) is 0.614. The molecular formula is C14H18N4OS. The summed E-state index contributed by atoms with van der Waals surface area (Å²) in [5, 5.41) is 7.65. The van der Waals surface area contributed by atoms with Gasteiger partial charge in [0.05, 0.1) is 29.1 Å². The number of nitrogens with two attached hydrogens (primary N) is 1. The van der Waals surface area contributed by atoms with Gasteiger partial charge in [-0.05, 0) is 20.8 Å². The third-order valence-electron chi connectivity index (χ3n) is 2.99. The maximum atomic E-state index is 7.65. The van der Waals surface area contributed by atoms with Crippen LogP contribution in [-0.4, -0.2) is 22.4 Å². The maximum Gasteiger partial charge on any atom is 0.133 e. The fraction of sp³-hybridized carbons (Fsp3) is 0.357. The van der Waals surface area contributed by atoms with Crippen LogP contribution in [0.25, 0.3) is 0 Å². The van der Waals surface area contributed by atoms with E-state index in [1.807, 2.05) is 32.3 Å². The van der Waals surface area contributed by atoms with Crippen molar-refractivity contribution in [1.82, 2.24) is 9.97 Å². The number of thiazole rings is 1. The van der Waals surface area contributed by atoms with Crippen LogP contribution in [0.2, 0.25) is 0 Å². The van der Waals surface area contributed by atoms with E-state index in [2.05, 4.69) is 9.97 Å². The van der Waals surface area contributed by atoms with E-state index in [1.165, 1.54) is 4.88 Å². The lowest BCUT2D eigenvalue weighted by molar-refractivity contribution is 0.321. The second-order valence-electron chi connectivity index (χ2n) is 4.60. The highest BCUT2D eigenvalue weighted by molar-refractivity contribution is 7.09. The monoisotopic (exact) mass is 290 g/mol. The molecule has 6 heteroatoms. The number of aromatic nitrogens is 2. The van der Waals surface area contributed by atoms with Gasteiger partial charge in [-0.15, -0.1) is 11.3 Å². The normalized spacial score (nSPS) is 10.6. The van der Waals surface area contributed by atoms with Crippen molar-refractivity contribution in [1.29, 1.82) is 5.41 Å². The molecule has 0 spiro atoms. The van der Waals surface area contributed by atoms with Crippen molar-refractivity contribution in [3.63, 3.8) is 0 Å². The standard InChI is InChI=1S/C14H18N4OS/c1-8-6-11(13(14(15)16)10(3)18-8)19-5-4-12-9(2)17-7-20-12/h6-7H,4-5H2,1-3H3,(H3,15,16). The number of rotatable bonds is 5. The van der Waals surface area contributed by atoms with Gasteiger partial charge in [-0.3, -0.25) is 10.4 Å². The molecule has 2 aromatic heterocycles. The first-order chi connectivity index (χ1) is 9.49. The van der Waals surface area contributed by atoms with Gasteiger partial charge in [0, 0.05) is 23.1 Å². The Morgan fingerprint density at radius 1 is 1.35 bits per heavy atom. The minimum atomic E-state index is -0.0148. The van der Waals surface area contributed by atoms with Gasteiger partial charge < -0.3 is 10.5 Å². The van der Waals surface area contributed by atoms with Crippen LogP contribution in [0.3, 0.4) is 0 Å². The van der Waals surface area contributed by atoms with Gasteiger partial charge >= 0.3 is 0 Å². The molecule has 0 aliphatic heterocycles. The van der Waals surface area contributed by atoms with Crippen LogP contribution in [0.1, 0.15) is 27.5 Å². The fourth-order valence-corrected chi connectivity index (χ4v) is 2.82. The Labute approximate surface area is 122 Å². The van der Waals surface area contributed by atoms with Crippen molar-refractivity contribution in [2.75, 3.05) is 6.61 Å². The Morgan fingerprint density at radius 3 is 2.70 bits per heavy atom. The Hall–Kier alpha value is -1.95. The molecule has 106 valence electrons. The van der Waals surface area contributed by atoms with Gasteiger partial charge in [0.2, 0.25) is 0 Å². The average Bonchev–Trinajstić information content (AvgIpc) is 2.73. The second kappa shape index (κ2) is 6.00. The molecule has 5 nitrogen and oxygen atoms in total. The van der Waals surface area contributed by atoms with E-state index in [0.717, 1.165) is 23.5 Å². The first kappa shape index (κ1) is 14.5. The van der Waals surface area contributed by atoms with Crippen molar-refractivity contribution in [2.45, 2.75) is 27.2 Å². The molecule has 2 rings (SSSR count). The van der Waals surface area contributed by atoms with Gasteiger partial charge in [0.15, 0.2) is 0 Å². The molecule has 0 bridgehead atoms. The van der Waals surface area contributed by atoms with E-state index in [9.17, 15) is 0 Å². The molecule has 2 heterocycles. The minimum Gasteiger partial charge on any atom is -0.492 e. The van der Waals surface area contributed by atoms with E-state index in [-0.39, 0.29) is 5.84 Å². The number of amidine groups is 1. The van der Waals surface area contributed by atoms with Gasteiger partial charge in [0.25, 0.3) is 0 Å². The first-order valence-electron chi connectivity index (χ1n) is 6.33. The van der Waals surface area contributed by atoms with Crippen LogP contribution < -0.4 is 10.5 Å². The predicted molar refractivity (Wildman–Crippen MR) is 80.8 cm³/mol. The van der Waals surface area contributed by atoms with Crippen molar-refractivity contribution >= 4 is 17.2 Å². The van der Waals surface area contributed by atoms with Crippen LogP contribution in [-0.2, 0) is 6.42 Å². The summed E-state index contributed by atoms with van der Waals surface area (Å²) in [5.41, 5.74) is 10.7. The smallest absolute Gasteiger partial charge is 0.133 e. The zero-order valence-electron chi connectivity index (χ0n) is 11.9. The summed E-state index contributed by atoms with van der Waals surface area (Å²) in [6, 6.07) is 1.82. The van der Waals surface area contributed by atoms with Crippen LogP contribution in [0.4, 0.5) is 0 Å². The third-order valence-corrected chi connectivity index (χ3v) is 3.99. The molecule has 2 aromatic rings. The van der Waals surface area contributed by atoms with Gasteiger partial charge in [-0.1, -0.05) is 0 Å². The number of aryl methyl sites for hydroxylation is 3. The number of nitrogens with one attached hydrogen (secondary N) is 1. The summed E-state index contributed by atoms with van der Waals surface area (Å²) in [6.07, 6.45) is 0.800. The lowest BCUT2D eigenvalue weighted by atomic mass is 10.1. The van der Waals surface area contributed by atoms with E-state index in [0.29, 0.717) is 17.9 Å². The third kappa shape index (κ3) is 3.14. The van der Waals surface area contributed by atoms with E-state index in [4.69, 9.17) is 15.9 Å². The number of ether oxygens (including phenoxy) is 1. The SMILES string of the molecule is Cc1cc(OCCc2scnc2C)c(C(=N)N)c(C)n1. The molecule has 0 amide bonds. The molecule has 0 aliphatic carbocycles. The highest BCUT2D eigenvalue weighted by atomic mass is 32.1. The molecule has 3 N–H and O–H groups in total. The molecule has 0 saturated carbocycles. The van der Waals surface area contributed by atoms with Crippen molar-refractivity contribution in [3.05, 3.63) is 39.1 Å². The highest BCUT2D eigenvalue weighted by Crippen LogP contribution is 2.22. The number of hydrogen-bond donors (Lipinski definition) is 2. The summed E-state index contributed by atoms with van der Waals surface area (Å²) in [7, 11) is 0. The number of nitrogen functional groups attached to an aromatic ring is 1. The Balaban J connectivity index is 2.13. The molecule has 0 aliphatic rings. The van der Waals surface area contributed by atoms with Crippen molar-refractivity contribution in [2.24, 2.45) is 5.73 Å². The quantitative estimate of drug-likeness (QED) is 0.654. The maximum absolute atomic E-state index is 7.65. The van der Waals surface area contributed by atoms with E-state index < -0.39 is 0 Å². The fourth-order valence-electron chi connectivity index (χ4n) is 2.05. The van der Waals surface area contributed by atoms with Crippen molar-refractivity contribution in [3.8, 4) is 5.75 Å². The van der Waals surface area contributed by atoms with Crippen LogP contribution in [0.15, 0.2) is 11.6 Å². The van der Waals surface area contributed by atoms with E-state index in [1.54, 1.807) is 11.3 Å². The van der Waals surface area contributed by atoms with Gasteiger partial charge in [-0.25, -0.2) is 4.98 Å². The second-order valence-corrected chi connectivity index (χ2v) is 5.53. The van der Waals surface area contributed by atoms with Crippen LogP contribution in [0.5, 0.6) is 5.75 Å². The Morgan fingerprint density at radius 2 is 2.10 bits per heavy atom. The molecule has 0 unspecified atom stereocenters. The number of pyridine rings is 1. The Kier molecular flexibility index (Phi) is 4.34. The number of hydrogen-bond acceptors (Lipinski definition) is 5. The van der Waals surface area contributed by atoms with Gasteiger partial charge in [-0.2, -0.15) is 0 Å². The minimum absolute atomic E-state index is 0.0148. The average molecular weight is 290 g/mol. The lowest BCUT2D eigenvalue weighted by Gasteiger charge is -2.13. The molecule has 0 aromatic carbocycles. The van der Waals surface area contributed by atoms with Crippen LogP contribution >= 0.6 is 11.3 Å². The largest absolute Gasteiger partial charge is 0.492 e. The molecular weight excluding hydrogens is 272 g/mol. The molecule has 0 atom stereocenters. The zero-order valence-corrected chi connectivity index (χ0v) is 12.7. The number of nitrogens with zero attached hydrogens (tertiary/aromatic N) is 2. The zero-order chi connectivity index (χ0) is 14.7. The predicted octanol–water partition coefficient (Wildman–Crippen LogP) is 2.37. The topological polar surface area (TPSA) is 84.9 Å². The van der Waals surface area contributed by atoms with Crippen molar-refractivity contribution < 1.29 is 4.74 Å². The Bertz CT molecular complexity index is 636. The molecule has 20 heavy (non-hydrogen) atoms. The lowest BCUT2D eigenvalue weighted by Crippen LogP contribution is -2.17. The molecule has 0 saturated heterocycles. The molecule has 0 fully saturated rings. The highest BCUT2D eigenvalue weighted by Gasteiger charge is 2.13. The van der Waals surface area contributed by atoms with Crippen LogP contribution in [0, 0.1) is 26.2 Å². The van der Waals surface area contributed by atoms with Gasteiger partial charge in [0.1, 0.15) is 11.6 Å². The summed E-state index contributed by atoms with van der Waals surface area (Å²) >= 11 is 1.63. The summed E-state index contributed by atoms with van der Waals surface area (Å²) in [6.45, 7) is 6.26. The first-order valence-corrected chi connectivity index (χ1v) is 7.21. The summed E-state index contributed by atoms with van der Waals surface area (Å²) < 4.78 is 5.81. The summed E-state index contributed by atoms with van der Waals surface area (Å²) in [4.78, 5) is 9.75. The molecule has 0 radical (unpaired) electrons.